The minimum atomic E-state index is 1.06. The predicted octanol–water partition coefficient (Wildman–Crippen LogP) is 1.26. The van der Waals surface area contributed by atoms with Gasteiger partial charge in [-0.1, -0.05) is 0 Å². The maximum atomic E-state index is 2.47. The highest BCUT2D eigenvalue weighted by molar-refractivity contribution is 4.86. The van der Waals surface area contributed by atoms with Gasteiger partial charge in [0.25, 0.3) is 0 Å². The molecule has 0 spiro atoms. The van der Waals surface area contributed by atoms with Crippen LogP contribution in [0, 0.1) is 12.5 Å². The fourth-order valence-electron chi connectivity index (χ4n) is 1.76. The van der Waals surface area contributed by atoms with Gasteiger partial charge in [-0.3, -0.25) is 4.90 Å². The van der Waals surface area contributed by atoms with Gasteiger partial charge in [0, 0.05) is 13.1 Å². The molecule has 0 amide bonds. The largest absolute Gasteiger partial charge is 0.299 e. The van der Waals surface area contributed by atoms with Gasteiger partial charge in [-0.15, -0.1) is 0 Å². The molecule has 0 aromatic rings. The fourth-order valence-corrected chi connectivity index (χ4v) is 1.76. The highest BCUT2D eigenvalue weighted by Crippen LogP contribution is 2.28. The number of hydrogen-bond donors (Lipinski definition) is 0. The van der Waals surface area contributed by atoms with Crippen LogP contribution in [-0.4, -0.2) is 18.0 Å². The molecule has 1 nitrogen and oxygen atoms in total. The highest BCUT2D eigenvalue weighted by atomic mass is 15.1. The summed E-state index contributed by atoms with van der Waals surface area (Å²) in [6, 6.07) is 0. The Labute approximate surface area is 50.7 Å². The molecule has 2 aliphatic rings. The molecule has 0 saturated carbocycles. The van der Waals surface area contributed by atoms with Gasteiger partial charge in [-0.05, 0) is 31.7 Å². The van der Waals surface area contributed by atoms with Crippen molar-refractivity contribution in [1.29, 1.82) is 0 Å². The van der Waals surface area contributed by atoms with Crippen molar-refractivity contribution in [3.8, 4) is 0 Å². The summed E-state index contributed by atoms with van der Waals surface area (Å²) >= 11 is 0. The Kier molecular flexibility index (Phi) is 1.04. The van der Waals surface area contributed by atoms with Gasteiger partial charge in [0.2, 0.25) is 0 Å². The monoisotopic (exact) mass is 110 g/mol. The topological polar surface area (TPSA) is 3.24 Å². The summed E-state index contributed by atoms with van der Waals surface area (Å²) in [5.41, 5.74) is 0. The van der Waals surface area contributed by atoms with E-state index in [0.29, 0.717) is 0 Å². The molecule has 2 fully saturated rings. The predicted molar refractivity (Wildman–Crippen MR) is 33.2 cm³/mol. The Morgan fingerprint density at radius 3 is 3.12 bits per heavy atom. The first kappa shape index (κ1) is 4.80. The second-order valence-corrected chi connectivity index (χ2v) is 2.91. The molecule has 2 saturated heterocycles. The summed E-state index contributed by atoms with van der Waals surface area (Å²) in [5, 5.41) is 0. The zero-order valence-corrected chi connectivity index (χ0v) is 5.14. The van der Waals surface area contributed by atoms with E-state index in [4.69, 9.17) is 0 Å². The van der Waals surface area contributed by atoms with E-state index in [1.807, 2.05) is 0 Å². The quantitative estimate of drug-likeness (QED) is 0.454. The summed E-state index contributed by atoms with van der Waals surface area (Å²) in [5.74, 6) is 1.06. The maximum absolute atomic E-state index is 2.47. The molecule has 0 aromatic heterocycles. The van der Waals surface area contributed by atoms with Crippen molar-refractivity contribution < 1.29 is 0 Å². The lowest BCUT2D eigenvalue weighted by Crippen LogP contribution is -2.21. The summed E-state index contributed by atoms with van der Waals surface area (Å²) < 4.78 is 0. The minimum Gasteiger partial charge on any atom is -0.299 e. The van der Waals surface area contributed by atoms with Crippen molar-refractivity contribution >= 4 is 0 Å². The Hall–Kier alpha value is -0.0400. The molecule has 0 aromatic carbocycles. The van der Waals surface area contributed by atoms with Crippen LogP contribution in [0.3, 0.4) is 0 Å². The van der Waals surface area contributed by atoms with E-state index in [9.17, 15) is 0 Å². The average molecular weight is 110 g/mol. The Balaban J connectivity index is 2.03. The van der Waals surface area contributed by atoms with Gasteiger partial charge in [0.1, 0.15) is 0 Å². The summed E-state index contributed by atoms with van der Waals surface area (Å²) in [7, 11) is 0. The molecule has 1 heteroatoms. The molecule has 2 rings (SSSR count). The molecule has 2 aliphatic heterocycles. The van der Waals surface area contributed by atoms with Crippen LogP contribution < -0.4 is 0 Å². The fraction of sp³-hybridized carbons (Fsp3) is 0.857. The van der Waals surface area contributed by atoms with Crippen molar-refractivity contribution in [2.45, 2.75) is 19.3 Å². The van der Waals surface area contributed by atoms with Crippen molar-refractivity contribution in [2.24, 2.45) is 5.92 Å². The average Bonchev–Trinajstić information content (AvgIpc) is 2.12. The van der Waals surface area contributed by atoms with Crippen molar-refractivity contribution in [3.05, 3.63) is 6.54 Å². The molecular weight excluding hydrogens is 98.1 g/mol. The lowest BCUT2D eigenvalue weighted by molar-refractivity contribution is 0.326. The van der Waals surface area contributed by atoms with Gasteiger partial charge in [-0.2, -0.15) is 0 Å². The van der Waals surface area contributed by atoms with Crippen LogP contribution in [-0.2, 0) is 0 Å². The molecule has 45 valence electrons. The molecule has 2 unspecified atom stereocenters. The third-order valence-electron chi connectivity index (χ3n) is 2.28. The molecule has 1 radical (unpaired) electrons. The van der Waals surface area contributed by atoms with E-state index in [2.05, 4.69) is 11.4 Å². The lowest BCUT2D eigenvalue weighted by atomic mass is 10.0. The summed E-state index contributed by atoms with van der Waals surface area (Å²) in [6.45, 7) is 5.06. The Morgan fingerprint density at radius 1 is 1.38 bits per heavy atom. The van der Waals surface area contributed by atoms with E-state index in [0.717, 1.165) is 5.92 Å². The number of nitrogens with zero attached hydrogens (tertiary/aromatic N) is 1. The first-order valence-corrected chi connectivity index (χ1v) is 3.52. The van der Waals surface area contributed by atoms with Crippen molar-refractivity contribution in [1.82, 2.24) is 4.90 Å². The van der Waals surface area contributed by atoms with Crippen molar-refractivity contribution in [3.63, 3.8) is 0 Å². The van der Waals surface area contributed by atoms with Crippen LogP contribution >= 0.6 is 0 Å². The number of fused-ring (bicyclic) bond motifs is 2. The van der Waals surface area contributed by atoms with E-state index < -0.39 is 0 Å². The van der Waals surface area contributed by atoms with Crippen LogP contribution in [0.4, 0.5) is 0 Å². The molecule has 8 heavy (non-hydrogen) atoms. The van der Waals surface area contributed by atoms with Crippen LogP contribution in [0.2, 0.25) is 0 Å². The molecule has 2 heterocycles. The van der Waals surface area contributed by atoms with Gasteiger partial charge < -0.3 is 0 Å². The third-order valence-corrected chi connectivity index (χ3v) is 2.28. The second kappa shape index (κ2) is 1.73. The minimum absolute atomic E-state index is 1.06. The van der Waals surface area contributed by atoms with Gasteiger partial charge in [-0.25, -0.2) is 0 Å². The molecule has 0 N–H and O–H groups in total. The van der Waals surface area contributed by atoms with Crippen LogP contribution in [0.15, 0.2) is 0 Å². The molecular formula is C7H12N. The van der Waals surface area contributed by atoms with Gasteiger partial charge in [0.05, 0.1) is 0 Å². The van der Waals surface area contributed by atoms with Gasteiger partial charge in [0.15, 0.2) is 0 Å². The zero-order chi connectivity index (χ0) is 5.40. The molecule has 2 atom stereocenters. The molecule has 2 bridgehead atoms. The third kappa shape index (κ3) is 0.655. The second-order valence-electron chi connectivity index (χ2n) is 2.91. The number of hydrogen-bond acceptors (Lipinski definition) is 1. The van der Waals surface area contributed by atoms with E-state index >= 15 is 0 Å². The number of piperidine rings is 1. The van der Waals surface area contributed by atoms with E-state index in [-0.39, 0.29) is 0 Å². The summed E-state index contributed by atoms with van der Waals surface area (Å²) in [4.78, 5) is 2.47. The summed E-state index contributed by atoms with van der Waals surface area (Å²) in [6.07, 6.45) is 4.25. The van der Waals surface area contributed by atoms with Gasteiger partial charge >= 0.3 is 0 Å². The highest BCUT2D eigenvalue weighted by Gasteiger charge is 2.25. The first-order chi connectivity index (χ1) is 3.95. The van der Waals surface area contributed by atoms with Crippen LogP contribution in [0.1, 0.15) is 19.3 Å². The number of rotatable bonds is 0. The van der Waals surface area contributed by atoms with Crippen molar-refractivity contribution in [2.75, 3.05) is 13.1 Å². The molecule has 0 aliphatic carbocycles. The van der Waals surface area contributed by atoms with E-state index in [1.54, 1.807) is 0 Å². The zero-order valence-electron chi connectivity index (χ0n) is 5.14. The van der Waals surface area contributed by atoms with Crippen LogP contribution in [0.5, 0.6) is 0 Å². The normalized spacial score (nSPS) is 45.0. The Morgan fingerprint density at radius 2 is 2.38 bits per heavy atom. The lowest BCUT2D eigenvalue weighted by Gasteiger charge is -2.20. The first-order valence-electron chi connectivity index (χ1n) is 3.52. The van der Waals surface area contributed by atoms with Crippen LogP contribution in [0.25, 0.3) is 0 Å². The standard InChI is InChI=1S/C7H12N/c1-2-7-3-5-8(4-1)6-7/h4,7H,1-3,5-6H2. The smallest absolute Gasteiger partial charge is 0.0251 e. The SMILES string of the molecule is [CH]1CCC2CCN1C2. The Bertz CT molecular complexity index is 76.4. The maximum Gasteiger partial charge on any atom is 0.0251 e. The van der Waals surface area contributed by atoms with E-state index in [1.165, 1.54) is 32.4 Å².